The smallest absolute Gasteiger partial charge is 0.419 e. The van der Waals surface area contributed by atoms with E-state index in [-0.39, 0.29) is 17.1 Å². The Balaban J connectivity index is 1.64. The summed E-state index contributed by atoms with van der Waals surface area (Å²) in [7, 11) is 0. The molecule has 2 N–H and O–H groups in total. The predicted octanol–water partition coefficient (Wildman–Crippen LogP) is 5.46. The van der Waals surface area contributed by atoms with Crippen LogP contribution in [0.25, 0.3) is 0 Å². The topological polar surface area (TPSA) is 67.4 Å². The normalized spacial score (nSPS) is 10.9. The Morgan fingerprint density at radius 2 is 1.41 bits per heavy atom. The van der Waals surface area contributed by atoms with Crippen LogP contribution in [0.5, 0.6) is 11.5 Å². The average molecular weight is 400 g/mol. The van der Waals surface area contributed by atoms with E-state index in [1.807, 2.05) is 0 Å². The van der Waals surface area contributed by atoms with Gasteiger partial charge in [-0.25, -0.2) is 4.79 Å². The molecule has 3 amide bonds. The van der Waals surface area contributed by atoms with Crippen molar-refractivity contribution in [3.8, 4) is 11.5 Å². The minimum atomic E-state index is -4.55. The van der Waals surface area contributed by atoms with Crippen LogP contribution < -0.4 is 15.4 Å². The lowest BCUT2D eigenvalue weighted by Gasteiger charge is -2.13. The standard InChI is InChI=1S/C21H15F3N2O3/c22-21(23,24)17-8-4-5-9-18(17)29-16-12-10-14(11-13-16)19(27)26-20(28)25-15-6-2-1-3-7-15/h1-13H,(H2,25,26,27,28). The van der Waals surface area contributed by atoms with Crippen LogP contribution in [0.2, 0.25) is 0 Å². The first-order chi connectivity index (χ1) is 13.8. The molecule has 3 aromatic rings. The second-order valence-corrected chi connectivity index (χ2v) is 5.89. The molecule has 0 radical (unpaired) electrons. The van der Waals surface area contributed by atoms with E-state index >= 15 is 0 Å². The molecule has 0 aliphatic carbocycles. The molecule has 3 rings (SSSR count). The number of hydrogen-bond donors (Lipinski definition) is 2. The monoisotopic (exact) mass is 400 g/mol. The zero-order valence-electron chi connectivity index (χ0n) is 14.9. The van der Waals surface area contributed by atoms with Gasteiger partial charge in [0.05, 0.1) is 5.56 Å². The van der Waals surface area contributed by atoms with Crippen LogP contribution in [0, 0.1) is 0 Å². The minimum Gasteiger partial charge on any atom is -0.457 e. The second kappa shape index (κ2) is 8.47. The first kappa shape index (κ1) is 19.9. The number of hydrogen-bond acceptors (Lipinski definition) is 3. The van der Waals surface area contributed by atoms with E-state index in [1.54, 1.807) is 30.3 Å². The molecule has 148 valence electrons. The van der Waals surface area contributed by atoms with Crippen molar-refractivity contribution < 1.29 is 27.5 Å². The number of carbonyl (C=O) groups is 2. The Labute approximate surface area is 164 Å². The van der Waals surface area contributed by atoms with Crippen LogP contribution in [0.3, 0.4) is 0 Å². The number of para-hydroxylation sites is 2. The van der Waals surface area contributed by atoms with Crippen molar-refractivity contribution in [3.05, 3.63) is 90.0 Å². The van der Waals surface area contributed by atoms with Crippen LogP contribution in [0.4, 0.5) is 23.7 Å². The van der Waals surface area contributed by atoms with Gasteiger partial charge in [0.2, 0.25) is 0 Å². The molecule has 3 aromatic carbocycles. The Bertz CT molecular complexity index is 1000. The number of urea groups is 1. The van der Waals surface area contributed by atoms with Gasteiger partial charge in [0.15, 0.2) is 0 Å². The maximum atomic E-state index is 13.0. The fourth-order valence-corrected chi connectivity index (χ4v) is 2.45. The number of carbonyl (C=O) groups excluding carboxylic acids is 2. The summed E-state index contributed by atoms with van der Waals surface area (Å²) in [5.41, 5.74) is -0.242. The average Bonchev–Trinajstić information content (AvgIpc) is 2.69. The lowest BCUT2D eigenvalue weighted by molar-refractivity contribution is -0.138. The van der Waals surface area contributed by atoms with E-state index in [2.05, 4.69) is 10.6 Å². The minimum absolute atomic E-state index is 0.118. The fourth-order valence-electron chi connectivity index (χ4n) is 2.45. The van der Waals surface area contributed by atoms with E-state index in [1.165, 1.54) is 42.5 Å². The van der Waals surface area contributed by atoms with Crippen molar-refractivity contribution in [1.29, 1.82) is 0 Å². The number of benzene rings is 3. The number of rotatable bonds is 4. The van der Waals surface area contributed by atoms with Crippen LogP contribution in [-0.4, -0.2) is 11.9 Å². The van der Waals surface area contributed by atoms with Gasteiger partial charge in [0.1, 0.15) is 11.5 Å². The van der Waals surface area contributed by atoms with Crippen LogP contribution >= 0.6 is 0 Å². The van der Waals surface area contributed by atoms with Gasteiger partial charge in [-0.2, -0.15) is 13.2 Å². The summed E-state index contributed by atoms with van der Waals surface area (Å²) in [6.45, 7) is 0. The van der Waals surface area contributed by atoms with Crippen LogP contribution in [0.15, 0.2) is 78.9 Å². The van der Waals surface area contributed by atoms with E-state index in [0.717, 1.165) is 6.07 Å². The van der Waals surface area contributed by atoms with Crippen molar-refractivity contribution in [2.75, 3.05) is 5.32 Å². The van der Waals surface area contributed by atoms with Crippen molar-refractivity contribution in [2.24, 2.45) is 0 Å². The molecule has 0 unspecified atom stereocenters. The molecule has 0 aliphatic rings. The second-order valence-electron chi connectivity index (χ2n) is 5.89. The SMILES string of the molecule is O=C(NC(=O)c1ccc(Oc2ccccc2C(F)(F)F)cc1)Nc1ccccc1. The van der Waals surface area contributed by atoms with Gasteiger partial charge in [0.25, 0.3) is 5.91 Å². The van der Waals surface area contributed by atoms with Crippen LogP contribution in [-0.2, 0) is 6.18 Å². The zero-order valence-corrected chi connectivity index (χ0v) is 14.9. The van der Waals surface area contributed by atoms with Gasteiger partial charge in [-0.3, -0.25) is 10.1 Å². The number of nitrogens with one attached hydrogen (secondary N) is 2. The van der Waals surface area contributed by atoms with Gasteiger partial charge >= 0.3 is 12.2 Å². The van der Waals surface area contributed by atoms with Crippen LogP contribution in [0.1, 0.15) is 15.9 Å². The largest absolute Gasteiger partial charge is 0.457 e. The van der Waals surface area contributed by atoms with Crippen molar-refractivity contribution >= 4 is 17.6 Å². The highest BCUT2D eigenvalue weighted by molar-refractivity contribution is 6.07. The predicted molar refractivity (Wildman–Crippen MR) is 101 cm³/mol. The summed E-state index contributed by atoms with van der Waals surface area (Å²) < 4.78 is 44.4. The highest BCUT2D eigenvalue weighted by atomic mass is 19.4. The number of amides is 3. The molecule has 0 aliphatic heterocycles. The lowest BCUT2D eigenvalue weighted by Crippen LogP contribution is -2.34. The number of anilines is 1. The summed E-state index contributed by atoms with van der Waals surface area (Å²) >= 11 is 0. The quantitative estimate of drug-likeness (QED) is 0.611. The Kier molecular flexibility index (Phi) is 5.82. The van der Waals surface area contributed by atoms with Gasteiger partial charge < -0.3 is 10.1 Å². The molecule has 0 spiro atoms. The zero-order chi connectivity index (χ0) is 20.9. The summed E-state index contributed by atoms with van der Waals surface area (Å²) in [5.74, 6) is -0.896. The van der Waals surface area contributed by atoms with Gasteiger partial charge in [-0.05, 0) is 48.5 Å². The van der Waals surface area contributed by atoms with E-state index < -0.39 is 23.7 Å². The molecule has 29 heavy (non-hydrogen) atoms. The first-order valence-corrected chi connectivity index (χ1v) is 8.44. The number of ether oxygens (including phenoxy) is 1. The summed E-state index contributed by atoms with van der Waals surface area (Å²) in [4.78, 5) is 24.0. The Hall–Kier alpha value is -3.81. The van der Waals surface area contributed by atoms with Gasteiger partial charge in [-0.15, -0.1) is 0 Å². The molecule has 0 bridgehead atoms. The molecule has 5 nitrogen and oxygen atoms in total. The van der Waals surface area contributed by atoms with E-state index in [4.69, 9.17) is 4.74 Å². The summed E-state index contributed by atoms with van der Waals surface area (Å²) in [6, 6.07) is 18.1. The van der Waals surface area contributed by atoms with Crippen molar-refractivity contribution in [1.82, 2.24) is 5.32 Å². The molecule has 0 saturated carbocycles. The van der Waals surface area contributed by atoms with Crippen molar-refractivity contribution in [2.45, 2.75) is 6.18 Å². The van der Waals surface area contributed by atoms with E-state index in [0.29, 0.717) is 5.69 Å². The molecular formula is C21H15F3N2O3. The van der Waals surface area contributed by atoms with E-state index in [9.17, 15) is 22.8 Å². The molecule has 0 heterocycles. The highest BCUT2D eigenvalue weighted by Crippen LogP contribution is 2.37. The number of imide groups is 1. The maximum Gasteiger partial charge on any atom is 0.419 e. The molecular weight excluding hydrogens is 385 g/mol. The van der Waals surface area contributed by atoms with Gasteiger partial charge in [-0.1, -0.05) is 30.3 Å². The first-order valence-electron chi connectivity index (χ1n) is 8.44. The third-order valence-corrected chi connectivity index (χ3v) is 3.80. The Morgan fingerprint density at radius 1 is 0.793 bits per heavy atom. The Morgan fingerprint density at radius 3 is 2.07 bits per heavy atom. The maximum absolute atomic E-state index is 13.0. The summed E-state index contributed by atoms with van der Waals surface area (Å²) in [5, 5.41) is 4.67. The van der Waals surface area contributed by atoms with Crippen molar-refractivity contribution in [3.63, 3.8) is 0 Å². The fraction of sp³-hybridized carbons (Fsp3) is 0.0476. The van der Waals surface area contributed by atoms with Gasteiger partial charge in [0, 0.05) is 11.3 Å². The molecule has 0 atom stereocenters. The molecule has 0 saturated heterocycles. The third kappa shape index (κ3) is 5.35. The molecule has 0 fully saturated rings. The third-order valence-electron chi connectivity index (χ3n) is 3.80. The molecule has 8 heteroatoms. The number of alkyl halides is 3. The molecule has 0 aromatic heterocycles. The summed E-state index contributed by atoms with van der Waals surface area (Å²) in [6.07, 6.45) is -4.55. The highest BCUT2D eigenvalue weighted by Gasteiger charge is 2.34. The number of halogens is 3. The lowest BCUT2D eigenvalue weighted by atomic mass is 10.2.